The van der Waals surface area contributed by atoms with Gasteiger partial charge in [-0.3, -0.25) is 4.98 Å². The molecule has 0 radical (unpaired) electrons. The number of benzene rings is 2. The summed E-state index contributed by atoms with van der Waals surface area (Å²) < 4.78 is 43.4. The number of ether oxygens (including phenoxy) is 1. The third kappa shape index (κ3) is 3.12. The second kappa shape index (κ2) is 5.89. The van der Waals surface area contributed by atoms with Crippen LogP contribution in [0.5, 0.6) is 11.5 Å². The van der Waals surface area contributed by atoms with Gasteiger partial charge in [0.1, 0.15) is 11.5 Å². The first-order valence-electron chi connectivity index (χ1n) is 6.91. The smallest absolute Gasteiger partial charge is 0.416 e. The molecule has 1 heterocycles. The molecule has 0 unspecified atom stereocenters. The highest BCUT2D eigenvalue weighted by molar-refractivity contribution is 5.87. The number of hydrogen-bond donors (Lipinski definition) is 1. The molecule has 0 spiro atoms. The molecule has 2 N–H and O–H groups in total. The Balaban J connectivity index is 1.96. The molecular weight excluding hydrogens is 305 g/mol. The summed E-state index contributed by atoms with van der Waals surface area (Å²) in [7, 11) is 0. The molecule has 3 rings (SSSR count). The molecular formula is C17H13F3N2O. The molecule has 0 atom stereocenters. The minimum Gasteiger partial charge on any atom is -0.457 e. The van der Waals surface area contributed by atoms with Crippen LogP contribution in [0.15, 0.2) is 54.7 Å². The molecule has 6 heteroatoms. The fourth-order valence-electron chi connectivity index (χ4n) is 2.30. The molecule has 0 aliphatic carbocycles. The average Bonchev–Trinajstić information content (AvgIpc) is 2.54. The number of fused-ring (bicyclic) bond motifs is 1. The molecule has 23 heavy (non-hydrogen) atoms. The van der Waals surface area contributed by atoms with Crippen LogP contribution < -0.4 is 10.5 Å². The fourth-order valence-corrected chi connectivity index (χ4v) is 2.30. The van der Waals surface area contributed by atoms with E-state index in [9.17, 15) is 13.2 Å². The van der Waals surface area contributed by atoms with E-state index < -0.39 is 11.7 Å². The summed E-state index contributed by atoms with van der Waals surface area (Å²) >= 11 is 0. The van der Waals surface area contributed by atoms with Gasteiger partial charge in [-0.05, 0) is 42.0 Å². The Hall–Kier alpha value is -2.60. The van der Waals surface area contributed by atoms with Crippen molar-refractivity contribution in [1.29, 1.82) is 0 Å². The number of nitrogens with two attached hydrogens (primary N) is 1. The molecule has 0 amide bonds. The zero-order chi connectivity index (χ0) is 16.4. The Morgan fingerprint density at radius 2 is 1.74 bits per heavy atom. The molecule has 0 saturated heterocycles. The van der Waals surface area contributed by atoms with Crippen molar-refractivity contribution >= 4 is 10.9 Å². The normalized spacial score (nSPS) is 11.7. The maximum atomic E-state index is 12.6. The lowest BCUT2D eigenvalue weighted by molar-refractivity contribution is -0.137. The van der Waals surface area contributed by atoms with Gasteiger partial charge in [0.2, 0.25) is 0 Å². The van der Waals surface area contributed by atoms with Gasteiger partial charge in [0.15, 0.2) is 0 Å². The van der Waals surface area contributed by atoms with Crippen molar-refractivity contribution in [2.45, 2.75) is 12.7 Å². The standard InChI is InChI=1S/C17H13F3N2O/c18-17(19,20)12-4-6-13(7-5-12)23-15-8-9-22-16-11(10-21)2-1-3-14(15)16/h1-9H,10,21H2. The number of rotatable bonds is 3. The van der Waals surface area contributed by atoms with E-state index in [0.29, 0.717) is 18.0 Å². The Bertz CT molecular complexity index is 829. The van der Waals surface area contributed by atoms with E-state index >= 15 is 0 Å². The minimum absolute atomic E-state index is 0.323. The average molecular weight is 318 g/mol. The highest BCUT2D eigenvalue weighted by Crippen LogP contribution is 2.33. The zero-order valence-electron chi connectivity index (χ0n) is 12.0. The van der Waals surface area contributed by atoms with E-state index in [1.807, 2.05) is 18.2 Å². The first-order valence-corrected chi connectivity index (χ1v) is 6.91. The van der Waals surface area contributed by atoms with Crippen LogP contribution in [-0.4, -0.2) is 4.98 Å². The topological polar surface area (TPSA) is 48.1 Å². The first-order chi connectivity index (χ1) is 11.0. The second-order valence-corrected chi connectivity index (χ2v) is 4.95. The third-order valence-corrected chi connectivity index (χ3v) is 3.44. The van der Waals surface area contributed by atoms with E-state index in [-0.39, 0.29) is 0 Å². The summed E-state index contributed by atoms with van der Waals surface area (Å²) in [5.41, 5.74) is 6.57. The van der Waals surface area contributed by atoms with Crippen LogP contribution in [0.25, 0.3) is 10.9 Å². The van der Waals surface area contributed by atoms with Crippen molar-refractivity contribution in [3.05, 3.63) is 65.9 Å². The zero-order valence-corrected chi connectivity index (χ0v) is 12.0. The molecule has 0 saturated carbocycles. The van der Waals surface area contributed by atoms with E-state index in [1.54, 1.807) is 12.3 Å². The van der Waals surface area contributed by atoms with Crippen LogP contribution in [0.2, 0.25) is 0 Å². The molecule has 0 aliphatic heterocycles. The minimum atomic E-state index is -4.36. The van der Waals surface area contributed by atoms with Gasteiger partial charge in [-0.15, -0.1) is 0 Å². The molecule has 2 aromatic carbocycles. The molecule has 0 bridgehead atoms. The fraction of sp³-hybridized carbons (Fsp3) is 0.118. The quantitative estimate of drug-likeness (QED) is 0.773. The number of hydrogen-bond acceptors (Lipinski definition) is 3. The van der Waals surface area contributed by atoms with Crippen LogP contribution in [0.4, 0.5) is 13.2 Å². The number of alkyl halides is 3. The van der Waals surface area contributed by atoms with Gasteiger partial charge in [-0.25, -0.2) is 0 Å². The summed E-state index contributed by atoms with van der Waals surface area (Å²) in [5.74, 6) is 0.841. The monoisotopic (exact) mass is 318 g/mol. The van der Waals surface area contributed by atoms with Crippen LogP contribution in [0, 0.1) is 0 Å². The van der Waals surface area contributed by atoms with E-state index in [4.69, 9.17) is 10.5 Å². The highest BCUT2D eigenvalue weighted by atomic mass is 19.4. The van der Waals surface area contributed by atoms with Crippen molar-refractivity contribution in [3.63, 3.8) is 0 Å². The maximum absolute atomic E-state index is 12.6. The Labute approximate surface area is 130 Å². The largest absolute Gasteiger partial charge is 0.457 e. The van der Waals surface area contributed by atoms with E-state index in [2.05, 4.69) is 4.98 Å². The molecule has 3 aromatic rings. The molecule has 3 nitrogen and oxygen atoms in total. The third-order valence-electron chi connectivity index (χ3n) is 3.44. The summed E-state index contributed by atoms with van der Waals surface area (Å²) in [6.45, 7) is 0.341. The van der Waals surface area contributed by atoms with Gasteiger partial charge >= 0.3 is 6.18 Å². The molecule has 0 aliphatic rings. The van der Waals surface area contributed by atoms with Gasteiger partial charge in [0.25, 0.3) is 0 Å². The number of para-hydroxylation sites is 1. The van der Waals surface area contributed by atoms with Crippen molar-refractivity contribution in [2.24, 2.45) is 5.73 Å². The Morgan fingerprint density at radius 1 is 1.00 bits per heavy atom. The van der Waals surface area contributed by atoms with Crippen molar-refractivity contribution in [1.82, 2.24) is 4.98 Å². The number of aromatic nitrogens is 1. The highest BCUT2D eigenvalue weighted by Gasteiger charge is 2.30. The van der Waals surface area contributed by atoms with Gasteiger partial charge in [-0.2, -0.15) is 13.2 Å². The number of halogens is 3. The summed E-state index contributed by atoms with van der Waals surface area (Å²) in [6, 6.07) is 11.8. The van der Waals surface area contributed by atoms with Crippen LogP contribution in [-0.2, 0) is 12.7 Å². The van der Waals surface area contributed by atoms with Crippen LogP contribution in [0.3, 0.4) is 0 Å². The van der Waals surface area contributed by atoms with Crippen LogP contribution in [0.1, 0.15) is 11.1 Å². The second-order valence-electron chi connectivity index (χ2n) is 4.95. The van der Waals surface area contributed by atoms with Crippen molar-refractivity contribution in [3.8, 4) is 11.5 Å². The first kappa shape index (κ1) is 15.3. The summed E-state index contributed by atoms with van der Waals surface area (Å²) in [4.78, 5) is 4.29. The van der Waals surface area contributed by atoms with Crippen molar-refractivity contribution < 1.29 is 17.9 Å². The summed E-state index contributed by atoms with van der Waals surface area (Å²) in [6.07, 6.45) is -2.78. The van der Waals surface area contributed by atoms with E-state index in [0.717, 1.165) is 28.6 Å². The summed E-state index contributed by atoms with van der Waals surface area (Å²) in [5, 5.41) is 0.760. The maximum Gasteiger partial charge on any atom is 0.416 e. The van der Waals surface area contributed by atoms with Crippen molar-refractivity contribution in [2.75, 3.05) is 0 Å². The lowest BCUT2D eigenvalue weighted by Gasteiger charge is -2.11. The van der Waals surface area contributed by atoms with Crippen LogP contribution >= 0.6 is 0 Å². The lowest BCUT2D eigenvalue weighted by Crippen LogP contribution is -2.04. The predicted octanol–water partition coefficient (Wildman–Crippen LogP) is 4.50. The molecule has 118 valence electrons. The molecule has 0 fully saturated rings. The lowest BCUT2D eigenvalue weighted by atomic mass is 10.1. The number of pyridine rings is 1. The molecule has 1 aromatic heterocycles. The van der Waals surface area contributed by atoms with E-state index in [1.165, 1.54) is 12.1 Å². The van der Waals surface area contributed by atoms with Gasteiger partial charge in [-0.1, -0.05) is 12.1 Å². The van der Waals surface area contributed by atoms with Gasteiger partial charge in [0, 0.05) is 18.1 Å². The Morgan fingerprint density at radius 3 is 2.39 bits per heavy atom. The Kier molecular flexibility index (Phi) is 3.92. The SMILES string of the molecule is NCc1cccc2c(Oc3ccc(C(F)(F)F)cc3)ccnc12. The predicted molar refractivity (Wildman–Crippen MR) is 81.2 cm³/mol. The van der Waals surface area contributed by atoms with Gasteiger partial charge < -0.3 is 10.5 Å². The number of nitrogens with zero attached hydrogens (tertiary/aromatic N) is 1. The van der Waals surface area contributed by atoms with Gasteiger partial charge in [0.05, 0.1) is 11.1 Å².